The van der Waals surface area contributed by atoms with Crippen LogP contribution in [0.5, 0.6) is 23.0 Å². The average molecular weight is 340 g/mol. The topological polar surface area (TPSA) is 47.9 Å². The first-order valence-corrected chi connectivity index (χ1v) is 8.84. The molecule has 2 aliphatic rings. The molecule has 0 aromatic heterocycles. The van der Waals surface area contributed by atoms with Gasteiger partial charge in [-0.2, -0.15) is 0 Å². The Labute approximate surface area is 148 Å². The molecule has 0 saturated heterocycles. The first-order valence-electron chi connectivity index (χ1n) is 8.84. The van der Waals surface area contributed by atoms with Gasteiger partial charge in [-0.25, -0.2) is 0 Å². The highest BCUT2D eigenvalue weighted by Gasteiger charge is 2.52. The summed E-state index contributed by atoms with van der Waals surface area (Å²) in [6.45, 7) is 1.96. The van der Waals surface area contributed by atoms with Gasteiger partial charge in [0.2, 0.25) is 0 Å². The van der Waals surface area contributed by atoms with Crippen molar-refractivity contribution in [3.8, 4) is 23.0 Å². The Morgan fingerprint density at radius 3 is 2.56 bits per heavy atom. The molecule has 1 aliphatic heterocycles. The Hall–Kier alpha value is -2.36. The monoisotopic (exact) mass is 340 g/mol. The molecule has 0 radical (unpaired) electrons. The molecule has 4 heteroatoms. The number of methoxy groups -OCH3 is 2. The van der Waals surface area contributed by atoms with Crippen LogP contribution in [0.1, 0.15) is 48.3 Å². The van der Waals surface area contributed by atoms with Crippen molar-refractivity contribution in [2.75, 3.05) is 14.2 Å². The van der Waals surface area contributed by atoms with Crippen LogP contribution in [0.4, 0.5) is 0 Å². The van der Waals surface area contributed by atoms with Crippen LogP contribution >= 0.6 is 0 Å². The molecule has 1 heterocycles. The minimum absolute atomic E-state index is 0.223. The third kappa shape index (κ3) is 2.27. The summed E-state index contributed by atoms with van der Waals surface area (Å²) >= 11 is 0. The van der Waals surface area contributed by atoms with Crippen LogP contribution in [0, 0.1) is 6.92 Å². The molecular weight excluding hydrogens is 316 g/mol. The number of rotatable bonds is 3. The Kier molecular flexibility index (Phi) is 3.78. The lowest BCUT2D eigenvalue weighted by Crippen LogP contribution is -2.37. The molecule has 1 aliphatic carbocycles. The van der Waals surface area contributed by atoms with Crippen LogP contribution < -0.4 is 14.2 Å². The molecule has 0 unspecified atom stereocenters. The van der Waals surface area contributed by atoms with E-state index in [4.69, 9.17) is 14.2 Å². The van der Waals surface area contributed by atoms with E-state index in [1.165, 1.54) is 12.0 Å². The number of aromatic hydroxyl groups is 1. The molecule has 2 atom stereocenters. The highest BCUT2D eigenvalue weighted by molar-refractivity contribution is 5.61. The van der Waals surface area contributed by atoms with Crippen molar-refractivity contribution in [1.29, 1.82) is 0 Å². The molecule has 0 spiro atoms. The number of ether oxygens (including phenoxy) is 3. The van der Waals surface area contributed by atoms with Crippen molar-refractivity contribution < 1.29 is 19.3 Å². The summed E-state index contributed by atoms with van der Waals surface area (Å²) < 4.78 is 17.2. The minimum atomic E-state index is -0.365. The highest BCUT2D eigenvalue weighted by atomic mass is 16.5. The summed E-state index contributed by atoms with van der Waals surface area (Å²) in [5.74, 6) is 2.63. The molecule has 4 rings (SSSR count). The van der Waals surface area contributed by atoms with Gasteiger partial charge < -0.3 is 19.3 Å². The van der Waals surface area contributed by atoms with Crippen LogP contribution in [0.25, 0.3) is 0 Å². The molecule has 0 amide bonds. The summed E-state index contributed by atoms with van der Waals surface area (Å²) in [5, 5.41) is 10.5. The normalized spacial score (nSPS) is 24.2. The number of fused-ring (bicyclic) bond motifs is 3. The van der Waals surface area contributed by atoms with E-state index >= 15 is 0 Å². The van der Waals surface area contributed by atoms with Gasteiger partial charge in [0.25, 0.3) is 0 Å². The Morgan fingerprint density at radius 1 is 1.12 bits per heavy atom. The van der Waals surface area contributed by atoms with Gasteiger partial charge in [-0.15, -0.1) is 0 Å². The molecule has 2 aromatic rings. The van der Waals surface area contributed by atoms with Gasteiger partial charge in [0.1, 0.15) is 17.1 Å². The molecular formula is C21H24O4. The maximum absolute atomic E-state index is 10.5. The molecule has 4 nitrogen and oxygen atoms in total. The maximum atomic E-state index is 10.5. The van der Waals surface area contributed by atoms with Gasteiger partial charge in [-0.05, 0) is 43.9 Å². The molecule has 25 heavy (non-hydrogen) atoms. The predicted octanol–water partition coefficient (Wildman–Crippen LogP) is 4.66. The number of phenolic OH excluding ortho intramolecular Hbond substituents is 1. The predicted molar refractivity (Wildman–Crippen MR) is 95.9 cm³/mol. The standard InChI is InChI=1S/C21H24O4/c1-13-19-16-6-4-5-11-21(16,14-7-9-15(23-2)10-8-14)25-17(19)12-18(24-3)20(13)22/h7-10,12,16,22H,4-6,11H2,1-3H3/t16-,21+/m1/s1. The lowest BCUT2D eigenvalue weighted by Gasteiger charge is -2.39. The third-order valence-corrected chi connectivity index (χ3v) is 5.81. The first-order chi connectivity index (χ1) is 12.1. The minimum Gasteiger partial charge on any atom is -0.504 e. The largest absolute Gasteiger partial charge is 0.504 e. The lowest BCUT2D eigenvalue weighted by molar-refractivity contribution is 0.0319. The SMILES string of the molecule is COc1ccc([C@@]23CCCC[C@@H]2c2c(cc(OC)c(O)c2C)O3)cc1. The van der Waals surface area contributed by atoms with E-state index < -0.39 is 0 Å². The average Bonchev–Trinajstić information content (AvgIpc) is 3.00. The smallest absolute Gasteiger partial charge is 0.164 e. The molecule has 132 valence electrons. The van der Waals surface area contributed by atoms with Crippen LogP contribution in [-0.2, 0) is 5.60 Å². The zero-order chi connectivity index (χ0) is 17.6. The summed E-state index contributed by atoms with van der Waals surface area (Å²) in [7, 11) is 3.25. The number of benzene rings is 2. The fourth-order valence-electron chi connectivity index (χ4n) is 4.55. The first kappa shape index (κ1) is 16.1. The fraction of sp³-hybridized carbons (Fsp3) is 0.429. The summed E-state index contributed by atoms with van der Waals surface area (Å²) in [6, 6.07) is 10.0. The van der Waals surface area contributed by atoms with Crippen molar-refractivity contribution in [3.05, 3.63) is 47.0 Å². The Balaban J connectivity index is 1.86. The highest BCUT2D eigenvalue weighted by Crippen LogP contribution is 2.60. The van der Waals surface area contributed by atoms with E-state index in [9.17, 15) is 5.11 Å². The van der Waals surface area contributed by atoms with Crippen molar-refractivity contribution in [2.24, 2.45) is 0 Å². The molecule has 1 saturated carbocycles. The van der Waals surface area contributed by atoms with Crippen LogP contribution in [0.3, 0.4) is 0 Å². The molecule has 1 N–H and O–H groups in total. The van der Waals surface area contributed by atoms with E-state index in [-0.39, 0.29) is 17.3 Å². The second-order valence-corrected chi connectivity index (χ2v) is 6.98. The van der Waals surface area contributed by atoms with Crippen molar-refractivity contribution in [1.82, 2.24) is 0 Å². The van der Waals surface area contributed by atoms with Crippen molar-refractivity contribution in [2.45, 2.75) is 44.1 Å². The van der Waals surface area contributed by atoms with Crippen LogP contribution in [0.2, 0.25) is 0 Å². The number of hydrogen-bond donors (Lipinski definition) is 1. The van der Waals surface area contributed by atoms with Gasteiger partial charge in [0, 0.05) is 23.1 Å². The number of phenols is 1. The van der Waals surface area contributed by atoms with Crippen molar-refractivity contribution >= 4 is 0 Å². The quantitative estimate of drug-likeness (QED) is 0.882. The van der Waals surface area contributed by atoms with E-state index in [2.05, 4.69) is 12.1 Å². The zero-order valence-electron chi connectivity index (χ0n) is 15.0. The second kappa shape index (κ2) is 5.87. The van der Waals surface area contributed by atoms with Gasteiger partial charge >= 0.3 is 0 Å². The molecule has 2 aromatic carbocycles. The zero-order valence-corrected chi connectivity index (χ0v) is 15.0. The summed E-state index contributed by atoms with van der Waals surface area (Å²) in [5.41, 5.74) is 2.81. The van der Waals surface area contributed by atoms with Crippen LogP contribution in [0.15, 0.2) is 30.3 Å². The Bertz CT molecular complexity index is 797. The second-order valence-electron chi connectivity index (χ2n) is 6.98. The van der Waals surface area contributed by atoms with Gasteiger partial charge in [0.15, 0.2) is 11.5 Å². The Morgan fingerprint density at radius 2 is 1.88 bits per heavy atom. The van der Waals surface area contributed by atoms with Gasteiger partial charge in [0.05, 0.1) is 14.2 Å². The fourth-order valence-corrected chi connectivity index (χ4v) is 4.55. The van der Waals surface area contributed by atoms with E-state index in [1.54, 1.807) is 14.2 Å². The molecule has 0 bridgehead atoms. The van der Waals surface area contributed by atoms with Crippen LogP contribution in [-0.4, -0.2) is 19.3 Å². The summed E-state index contributed by atoms with van der Waals surface area (Å²) in [4.78, 5) is 0. The van der Waals surface area contributed by atoms with E-state index in [1.807, 2.05) is 25.1 Å². The third-order valence-electron chi connectivity index (χ3n) is 5.81. The number of hydrogen-bond acceptors (Lipinski definition) is 4. The lowest BCUT2D eigenvalue weighted by atomic mass is 9.69. The molecule has 1 fully saturated rings. The summed E-state index contributed by atoms with van der Waals surface area (Å²) in [6.07, 6.45) is 4.35. The van der Waals surface area contributed by atoms with E-state index in [0.717, 1.165) is 41.9 Å². The van der Waals surface area contributed by atoms with Gasteiger partial charge in [-0.3, -0.25) is 0 Å². The van der Waals surface area contributed by atoms with Gasteiger partial charge in [-0.1, -0.05) is 18.6 Å². The van der Waals surface area contributed by atoms with Crippen molar-refractivity contribution in [3.63, 3.8) is 0 Å². The maximum Gasteiger partial charge on any atom is 0.164 e. The van der Waals surface area contributed by atoms with E-state index in [0.29, 0.717) is 5.75 Å².